The summed E-state index contributed by atoms with van der Waals surface area (Å²) >= 11 is 0. The van der Waals surface area contributed by atoms with E-state index in [9.17, 15) is 0 Å². The highest BCUT2D eigenvalue weighted by molar-refractivity contribution is 5.26. The maximum absolute atomic E-state index is 8.70. The third-order valence-corrected chi connectivity index (χ3v) is 2.18. The van der Waals surface area contributed by atoms with Gasteiger partial charge in [-0.15, -0.1) is 10.2 Å². The molecule has 2 rings (SSSR count). The highest BCUT2D eigenvalue weighted by Crippen LogP contribution is 2.12. The van der Waals surface area contributed by atoms with E-state index in [0.717, 1.165) is 5.75 Å². The summed E-state index contributed by atoms with van der Waals surface area (Å²) < 4.78 is 5.50. The van der Waals surface area contributed by atoms with Gasteiger partial charge >= 0.3 is 0 Å². The molecule has 1 N–H and O–H groups in total. The van der Waals surface area contributed by atoms with Gasteiger partial charge in [-0.2, -0.15) is 4.80 Å². The average molecular weight is 234 g/mol. The molecular weight excluding hydrogens is 220 g/mol. The number of hydrogen-bond acceptors (Lipinski definition) is 5. The molecule has 0 atom stereocenters. The van der Waals surface area contributed by atoms with Crippen molar-refractivity contribution in [3.8, 4) is 5.75 Å². The monoisotopic (exact) mass is 234 g/mol. The molecule has 0 saturated heterocycles. The summed E-state index contributed by atoms with van der Waals surface area (Å²) in [5.41, 5.74) is 1.18. The zero-order valence-corrected chi connectivity index (χ0v) is 9.58. The van der Waals surface area contributed by atoms with Gasteiger partial charge in [0, 0.05) is 0 Å². The predicted molar refractivity (Wildman–Crippen MR) is 60.4 cm³/mol. The smallest absolute Gasteiger partial charge is 0.212 e. The molecule has 17 heavy (non-hydrogen) atoms. The Hall–Kier alpha value is -1.95. The second-order valence-electron chi connectivity index (χ2n) is 3.63. The summed E-state index contributed by atoms with van der Waals surface area (Å²) in [4.78, 5) is 1.34. The van der Waals surface area contributed by atoms with E-state index in [4.69, 9.17) is 9.84 Å². The Labute approximate surface area is 98.8 Å². The van der Waals surface area contributed by atoms with Gasteiger partial charge in [-0.3, -0.25) is 0 Å². The molecule has 2 aromatic rings. The van der Waals surface area contributed by atoms with Gasteiger partial charge in [0.05, 0.1) is 13.2 Å². The van der Waals surface area contributed by atoms with Crippen molar-refractivity contribution >= 4 is 0 Å². The van der Waals surface area contributed by atoms with E-state index >= 15 is 0 Å². The van der Waals surface area contributed by atoms with Crippen LogP contribution >= 0.6 is 0 Å². The van der Waals surface area contributed by atoms with Crippen LogP contribution in [0.1, 0.15) is 11.4 Å². The third-order valence-electron chi connectivity index (χ3n) is 2.18. The first-order valence-electron chi connectivity index (χ1n) is 5.35. The molecule has 0 amide bonds. The van der Waals surface area contributed by atoms with Gasteiger partial charge in [0.2, 0.25) is 5.82 Å². The Morgan fingerprint density at radius 1 is 1.29 bits per heavy atom. The van der Waals surface area contributed by atoms with Crippen molar-refractivity contribution in [2.75, 3.05) is 6.61 Å². The van der Waals surface area contributed by atoms with Crippen LogP contribution in [-0.4, -0.2) is 31.9 Å². The van der Waals surface area contributed by atoms with Crippen molar-refractivity contribution in [1.29, 1.82) is 0 Å². The van der Waals surface area contributed by atoms with Gasteiger partial charge < -0.3 is 9.84 Å². The summed E-state index contributed by atoms with van der Waals surface area (Å²) in [5, 5.41) is 20.3. The highest BCUT2D eigenvalue weighted by Gasteiger charge is 2.03. The Kier molecular flexibility index (Phi) is 3.66. The summed E-state index contributed by atoms with van der Waals surface area (Å²) in [6, 6.07) is 7.75. The molecule has 6 heteroatoms. The topological polar surface area (TPSA) is 73.1 Å². The first-order valence-corrected chi connectivity index (χ1v) is 5.35. The summed E-state index contributed by atoms with van der Waals surface area (Å²) in [6.45, 7) is 2.63. The lowest BCUT2D eigenvalue weighted by Gasteiger charge is -2.02. The van der Waals surface area contributed by atoms with Gasteiger partial charge in [0.25, 0.3) is 0 Å². The van der Waals surface area contributed by atoms with Crippen LogP contribution in [0.3, 0.4) is 0 Å². The SMILES string of the molecule is Cc1ccc(OCc2nnn(CCO)n2)cc1. The quantitative estimate of drug-likeness (QED) is 0.818. The largest absolute Gasteiger partial charge is 0.485 e. The van der Waals surface area contributed by atoms with Crippen LogP contribution in [0.25, 0.3) is 0 Å². The Morgan fingerprint density at radius 3 is 2.76 bits per heavy atom. The van der Waals surface area contributed by atoms with Crippen molar-refractivity contribution < 1.29 is 9.84 Å². The fourth-order valence-corrected chi connectivity index (χ4v) is 1.30. The number of hydrogen-bond donors (Lipinski definition) is 1. The fraction of sp³-hybridized carbons (Fsp3) is 0.364. The molecule has 0 aliphatic heterocycles. The van der Waals surface area contributed by atoms with Crippen molar-refractivity contribution in [2.45, 2.75) is 20.1 Å². The minimum Gasteiger partial charge on any atom is -0.485 e. The molecule has 0 saturated carbocycles. The molecule has 0 unspecified atom stereocenters. The minimum absolute atomic E-state index is 0.00534. The van der Waals surface area contributed by atoms with Gasteiger partial charge in [0.15, 0.2) is 6.61 Å². The number of tetrazole rings is 1. The fourth-order valence-electron chi connectivity index (χ4n) is 1.30. The third kappa shape index (κ3) is 3.25. The van der Waals surface area contributed by atoms with Gasteiger partial charge in [-0.25, -0.2) is 0 Å². The molecule has 0 spiro atoms. The number of ether oxygens (including phenoxy) is 1. The van der Waals surface area contributed by atoms with E-state index in [0.29, 0.717) is 12.4 Å². The molecule has 1 heterocycles. The van der Waals surface area contributed by atoms with Crippen molar-refractivity contribution in [3.05, 3.63) is 35.7 Å². The molecule has 1 aromatic heterocycles. The summed E-state index contributed by atoms with van der Waals surface area (Å²) in [6.07, 6.45) is 0. The van der Waals surface area contributed by atoms with Gasteiger partial charge in [-0.05, 0) is 24.3 Å². The van der Waals surface area contributed by atoms with E-state index in [1.165, 1.54) is 10.4 Å². The Morgan fingerprint density at radius 2 is 2.06 bits per heavy atom. The number of aryl methyl sites for hydroxylation is 1. The van der Waals surface area contributed by atoms with Crippen molar-refractivity contribution in [1.82, 2.24) is 20.2 Å². The van der Waals surface area contributed by atoms with Crippen LogP contribution in [0.5, 0.6) is 5.75 Å². The second kappa shape index (κ2) is 5.40. The van der Waals surface area contributed by atoms with E-state index in [1.807, 2.05) is 31.2 Å². The molecule has 0 bridgehead atoms. The van der Waals surface area contributed by atoms with E-state index in [-0.39, 0.29) is 13.2 Å². The molecule has 0 radical (unpaired) electrons. The number of aliphatic hydroxyl groups is 1. The second-order valence-corrected chi connectivity index (χ2v) is 3.63. The molecule has 6 nitrogen and oxygen atoms in total. The number of nitrogens with zero attached hydrogens (tertiary/aromatic N) is 4. The lowest BCUT2D eigenvalue weighted by Crippen LogP contribution is -2.06. The zero-order chi connectivity index (χ0) is 12.1. The van der Waals surface area contributed by atoms with Crippen LogP contribution < -0.4 is 4.74 Å². The Balaban J connectivity index is 1.90. The first kappa shape index (κ1) is 11.5. The molecule has 90 valence electrons. The molecule has 0 aliphatic carbocycles. The molecule has 1 aromatic carbocycles. The van der Waals surface area contributed by atoms with Crippen LogP contribution in [0.15, 0.2) is 24.3 Å². The Bertz CT molecular complexity index is 467. The van der Waals surface area contributed by atoms with Crippen LogP contribution in [0.2, 0.25) is 0 Å². The average Bonchev–Trinajstić information content (AvgIpc) is 2.77. The lowest BCUT2D eigenvalue weighted by atomic mass is 10.2. The maximum Gasteiger partial charge on any atom is 0.212 e. The highest BCUT2D eigenvalue weighted by atomic mass is 16.5. The van der Waals surface area contributed by atoms with Gasteiger partial charge in [0.1, 0.15) is 5.75 Å². The van der Waals surface area contributed by atoms with E-state index < -0.39 is 0 Å². The summed E-state index contributed by atoms with van der Waals surface area (Å²) in [7, 11) is 0. The van der Waals surface area contributed by atoms with E-state index in [1.54, 1.807) is 0 Å². The van der Waals surface area contributed by atoms with Crippen molar-refractivity contribution in [3.63, 3.8) is 0 Å². The number of aliphatic hydroxyl groups excluding tert-OH is 1. The van der Waals surface area contributed by atoms with Gasteiger partial charge in [-0.1, -0.05) is 17.7 Å². The lowest BCUT2D eigenvalue weighted by molar-refractivity contribution is 0.257. The first-order chi connectivity index (χ1) is 8.28. The summed E-state index contributed by atoms with van der Waals surface area (Å²) in [5.74, 6) is 1.27. The number of rotatable bonds is 5. The normalized spacial score (nSPS) is 10.5. The predicted octanol–water partition coefficient (Wildman–Crippen LogP) is 0.553. The molecule has 0 fully saturated rings. The standard InChI is InChI=1S/C11H14N4O2/c1-9-2-4-10(5-3-9)17-8-11-12-14-15(13-11)6-7-16/h2-5,16H,6-8H2,1H3. The number of aromatic nitrogens is 4. The molecular formula is C11H14N4O2. The van der Waals surface area contributed by atoms with Crippen LogP contribution in [0, 0.1) is 6.92 Å². The van der Waals surface area contributed by atoms with Crippen LogP contribution in [-0.2, 0) is 13.2 Å². The van der Waals surface area contributed by atoms with E-state index in [2.05, 4.69) is 15.4 Å². The number of benzene rings is 1. The zero-order valence-electron chi connectivity index (χ0n) is 9.58. The maximum atomic E-state index is 8.70. The van der Waals surface area contributed by atoms with Crippen LogP contribution in [0.4, 0.5) is 0 Å². The molecule has 0 aliphatic rings. The van der Waals surface area contributed by atoms with Crippen molar-refractivity contribution in [2.24, 2.45) is 0 Å². The minimum atomic E-state index is -0.00534.